The summed E-state index contributed by atoms with van der Waals surface area (Å²) < 4.78 is 35.1. The van der Waals surface area contributed by atoms with Gasteiger partial charge in [0.15, 0.2) is 0 Å². The fourth-order valence-electron chi connectivity index (χ4n) is 7.37. The number of benzene rings is 1. The van der Waals surface area contributed by atoms with Gasteiger partial charge in [-0.25, -0.2) is 9.78 Å². The SMILES string of the molecule is [2H]C([2H])([2H])n1c(=O)n2c3c4c(c(-c5cn(C)nc5OC)[nH]c4ncc31)-c1ccc(cc1)CNCCC1(NC(=O)C3CC3)CCC2CC1. The molecule has 2 aliphatic carbocycles. The molecule has 0 unspecified atom stereocenters. The topological polar surface area (TPSA) is 124 Å². The predicted molar refractivity (Wildman–Crippen MR) is 168 cm³/mol. The number of carbonyl (C=O) groups is 1. The maximum Gasteiger partial charge on any atom is 0.329 e. The molecule has 0 atom stereocenters. The zero-order valence-corrected chi connectivity index (χ0v) is 24.9. The lowest BCUT2D eigenvalue weighted by molar-refractivity contribution is -0.124. The Labute approximate surface area is 258 Å². The third-order valence-electron chi connectivity index (χ3n) is 9.88. The van der Waals surface area contributed by atoms with E-state index in [1.54, 1.807) is 16.4 Å². The summed E-state index contributed by atoms with van der Waals surface area (Å²) in [7, 11) is 3.39. The van der Waals surface area contributed by atoms with Gasteiger partial charge in [-0.05, 0) is 62.6 Å². The van der Waals surface area contributed by atoms with Gasteiger partial charge in [-0.3, -0.25) is 18.6 Å². The number of hydrogen-bond donors (Lipinski definition) is 3. The highest BCUT2D eigenvalue weighted by Gasteiger charge is 2.41. The molecule has 1 amide bonds. The summed E-state index contributed by atoms with van der Waals surface area (Å²) in [5, 5.41) is 12.2. The van der Waals surface area contributed by atoms with Gasteiger partial charge >= 0.3 is 5.69 Å². The second-order valence-corrected chi connectivity index (χ2v) is 12.7. The maximum atomic E-state index is 14.3. The van der Waals surface area contributed by atoms with Crippen LogP contribution in [-0.2, 0) is 25.4 Å². The number of pyridine rings is 1. The van der Waals surface area contributed by atoms with Gasteiger partial charge in [-0.15, -0.1) is 5.10 Å². The molecule has 0 spiro atoms. The van der Waals surface area contributed by atoms with E-state index in [1.807, 2.05) is 25.4 Å². The Bertz CT molecular complexity index is 2080. The molecule has 8 heterocycles. The molecule has 11 nitrogen and oxygen atoms in total. The van der Waals surface area contributed by atoms with Crippen molar-refractivity contribution in [3.63, 3.8) is 0 Å². The Hall–Kier alpha value is -4.38. The number of hydrogen-bond acceptors (Lipinski definition) is 6. The molecule has 11 rings (SSSR count). The van der Waals surface area contributed by atoms with Gasteiger partial charge in [-0.2, -0.15) is 0 Å². The van der Waals surface area contributed by atoms with E-state index in [9.17, 15) is 9.59 Å². The van der Waals surface area contributed by atoms with E-state index in [-0.39, 0.29) is 23.4 Å². The Morgan fingerprint density at radius 1 is 1.16 bits per heavy atom. The molecule has 2 saturated carbocycles. The molecule has 6 aliphatic rings. The average Bonchev–Trinajstić information content (AvgIpc) is 3.62. The Morgan fingerprint density at radius 3 is 2.68 bits per heavy atom. The van der Waals surface area contributed by atoms with Crippen LogP contribution in [0.25, 0.3) is 44.5 Å². The van der Waals surface area contributed by atoms with Crippen LogP contribution in [0.1, 0.15) is 60.7 Å². The number of rotatable bonds is 4. The highest BCUT2D eigenvalue weighted by molar-refractivity contribution is 6.14. The summed E-state index contributed by atoms with van der Waals surface area (Å²) >= 11 is 0. The largest absolute Gasteiger partial charge is 0.479 e. The summed E-state index contributed by atoms with van der Waals surface area (Å²) in [4.78, 5) is 35.6. The Morgan fingerprint density at radius 2 is 1.95 bits per heavy atom. The lowest BCUT2D eigenvalue weighted by Gasteiger charge is -2.41. The van der Waals surface area contributed by atoms with Crippen molar-refractivity contribution >= 4 is 28.0 Å². The molecular weight excluding hydrogens is 556 g/mol. The molecular formula is C33H38N8O3. The number of aryl methyl sites for hydroxylation is 2. The van der Waals surface area contributed by atoms with Crippen LogP contribution in [0.5, 0.6) is 5.88 Å². The fourth-order valence-corrected chi connectivity index (χ4v) is 7.37. The van der Waals surface area contributed by atoms with Crippen molar-refractivity contribution < 1.29 is 13.6 Å². The van der Waals surface area contributed by atoms with Crippen LogP contribution in [-0.4, -0.2) is 54.0 Å². The van der Waals surface area contributed by atoms with Gasteiger partial charge in [-0.1, -0.05) is 24.3 Å². The zero-order chi connectivity index (χ0) is 32.7. The van der Waals surface area contributed by atoms with Gasteiger partial charge in [0.1, 0.15) is 5.65 Å². The summed E-state index contributed by atoms with van der Waals surface area (Å²) in [5.41, 5.74) is 4.55. The second-order valence-electron chi connectivity index (χ2n) is 12.7. The maximum absolute atomic E-state index is 14.3. The van der Waals surface area contributed by atoms with Crippen molar-refractivity contribution in [3.05, 3.63) is 52.7 Å². The standard InChI is InChI=1S/C33H38N8O3/c1-39-18-23(31(38-39)44-3)27-25-20-6-4-19(5-7-20)16-34-15-14-33(37-30(42)21-8-9-21)12-10-22(11-13-33)41-28-24(40(2)32(41)43)17-35-29(36-27)26(25)28/h4-7,17-18,21-22,34H,8-16H2,1-3H3,(H,35,36)(H,37,42)/i2D3. The molecule has 44 heavy (non-hydrogen) atoms. The molecule has 5 aromatic rings. The molecule has 0 radical (unpaired) electrons. The van der Waals surface area contributed by atoms with E-state index in [4.69, 9.17) is 13.8 Å². The zero-order valence-electron chi connectivity index (χ0n) is 27.9. The van der Waals surface area contributed by atoms with E-state index in [2.05, 4.69) is 32.8 Å². The third-order valence-corrected chi connectivity index (χ3v) is 9.88. The van der Waals surface area contributed by atoms with Crippen LogP contribution < -0.4 is 21.1 Å². The third kappa shape index (κ3) is 4.28. The molecule has 0 saturated heterocycles. The first kappa shape index (κ1) is 24.0. The number of nitrogens with zero attached hydrogens (tertiary/aromatic N) is 5. The number of amides is 1. The molecule has 1 aromatic carbocycles. The van der Waals surface area contributed by atoms with Gasteiger partial charge in [0.05, 0.1) is 41.0 Å². The van der Waals surface area contributed by atoms with Gasteiger partial charge in [0.25, 0.3) is 0 Å². The molecule has 4 aromatic heterocycles. The summed E-state index contributed by atoms with van der Waals surface area (Å²) in [6, 6.07) is 7.96. The van der Waals surface area contributed by atoms with Crippen molar-refractivity contribution in [2.45, 2.75) is 63.1 Å². The normalized spacial score (nSPS) is 23.2. The number of aromatic nitrogens is 6. The average molecular weight is 598 g/mol. The summed E-state index contributed by atoms with van der Waals surface area (Å²) in [6.45, 7) is -1.31. The molecule has 4 bridgehead atoms. The molecule has 11 heteroatoms. The van der Waals surface area contributed by atoms with Crippen LogP contribution in [0.15, 0.2) is 41.5 Å². The first-order valence-electron chi connectivity index (χ1n) is 16.9. The van der Waals surface area contributed by atoms with Crippen molar-refractivity contribution in [1.82, 2.24) is 39.5 Å². The number of nitrogens with one attached hydrogen (secondary N) is 3. The van der Waals surface area contributed by atoms with E-state index < -0.39 is 18.2 Å². The Balaban J connectivity index is 1.41. The van der Waals surface area contributed by atoms with Crippen LogP contribution in [0.2, 0.25) is 0 Å². The number of H-pyrrole nitrogens is 1. The first-order chi connectivity index (χ1) is 22.6. The number of methoxy groups -OCH3 is 1. The molecule has 3 N–H and O–H groups in total. The lowest BCUT2D eigenvalue weighted by atomic mass is 9.76. The van der Waals surface area contributed by atoms with E-state index in [0.29, 0.717) is 65.9 Å². The van der Waals surface area contributed by atoms with Crippen molar-refractivity contribution in [1.29, 1.82) is 0 Å². The molecule has 4 aliphatic heterocycles. The Kier molecular flexibility index (Phi) is 5.50. The van der Waals surface area contributed by atoms with E-state index in [1.165, 1.54) is 6.20 Å². The molecule has 228 valence electrons. The number of imidazole rings is 1. The van der Waals surface area contributed by atoms with Gasteiger partial charge < -0.3 is 20.4 Å². The van der Waals surface area contributed by atoms with Gasteiger partial charge in [0, 0.05) is 53.9 Å². The van der Waals surface area contributed by atoms with Crippen LogP contribution in [0, 0.1) is 5.92 Å². The monoisotopic (exact) mass is 597 g/mol. The van der Waals surface area contributed by atoms with Crippen LogP contribution >= 0.6 is 0 Å². The lowest BCUT2D eigenvalue weighted by Crippen LogP contribution is -2.53. The minimum absolute atomic E-state index is 0.0919. The highest BCUT2D eigenvalue weighted by Crippen LogP contribution is 2.45. The van der Waals surface area contributed by atoms with Crippen molar-refractivity contribution in [2.24, 2.45) is 19.9 Å². The van der Waals surface area contributed by atoms with Crippen LogP contribution in [0.4, 0.5) is 0 Å². The predicted octanol–water partition coefficient (Wildman–Crippen LogP) is 4.17. The fraction of sp³-hybridized carbons (Fsp3) is 0.455. The smallest absolute Gasteiger partial charge is 0.329 e. The van der Waals surface area contributed by atoms with Crippen LogP contribution in [0.3, 0.4) is 0 Å². The highest BCUT2D eigenvalue weighted by atomic mass is 16.5. The summed E-state index contributed by atoms with van der Waals surface area (Å²) in [5.74, 6) is 0.635. The van der Waals surface area contributed by atoms with Crippen molar-refractivity contribution in [2.75, 3.05) is 13.7 Å². The second kappa shape index (κ2) is 10.1. The minimum Gasteiger partial charge on any atom is -0.479 e. The van der Waals surface area contributed by atoms with E-state index in [0.717, 1.165) is 47.1 Å². The van der Waals surface area contributed by atoms with Gasteiger partial charge in [0.2, 0.25) is 11.8 Å². The number of ether oxygens (including phenoxy) is 1. The first-order valence-corrected chi connectivity index (χ1v) is 15.4. The number of carbonyl (C=O) groups excluding carboxylic acids is 1. The quantitative estimate of drug-likeness (QED) is 0.286. The van der Waals surface area contributed by atoms with Crippen molar-refractivity contribution in [3.8, 4) is 28.3 Å². The summed E-state index contributed by atoms with van der Waals surface area (Å²) in [6.07, 6.45) is 8.59. The number of aromatic amines is 1. The van der Waals surface area contributed by atoms with E-state index >= 15 is 0 Å². The molecule has 2 fully saturated rings. The minimum atomic E-state index is -2.72.